The van der Waals surface area contributed by atoms with Gasteiger partial charge in [0, 0.05) is 26.7 Å². The van der Waals surface area contributed by atoms with Crippen LogP contribution < -0.4 is 10.2 Å². The standard InChI is InChI=1S/C23H27NO4S/c1-4-22(25)28-17(14-24(5-2)6-3)15-27-16-11-12-21-19(13-16)23(26)18-9-7-8-10-20(18)29-21/h4,7-13,17,22,25H,1,5-6,14-15H2,2-3H3. The van der Waals surface area contributed by atoms with Crippen LogP contribution in [0, 0.1) is 0 Å². The van der Waals surface area contributed by atoms with Crippen LogP contribution in [0.1, 0.15) is 13.8 Å². The highest BCUT2D eigenvalue weighted by Gasteiger charge is 2.17. The van der Waals surface area contributed by atoms with Crippen LogP contribution in [0.15, 0.2) is 59.9 Å². The van der Waals surface area contributed by atoms with Crippen LogP contribution in [0.25, 0.3) is 20.2 Å². The molecule has 6 heteroatoms. The molecule has 0 aliphatic heterocycles. The lowest BCUT2D eigenvalue weighted by Crippen LogP contribution is -2.39. The molecule has 0 saturated heterocycles. The van der Waals surface area contributed by atoms with E-state index in [9.17, 15) is 9.90 Å². The number of likely N-dealkylation sites (N-methyl/N-ethyl adjacent to an activating group) is 1. The summed E-state index contributed by atoms with van der Waals surface area (Å²) in [7, 11) is 0. The van der Waals surface area contributed by atoms with Crippen molar-refractivity contribution in [3.05, 3.63) is 65.3 Å². The van der Waals surface area contributed by atoms with Crippen molar-refractivity contribution in [3.63, 3.8) is 0 Å². The topological polar surface area (TPSA) is 59.0 Å². The summed E-state index contributed by atoms with van der Waals surface area (Å²) in [6.45, 7) is 10.4. The predicted molar refractivity (Wildman–Crippen MR) is 120 cm³/mol. The van der Waals surface area contributed by atoms with E-state index in [1.807, 2.05) is 36.4 Å². The maximum Gasteiger partial charge on any atom is 0.196 e. The molecule has 0 aliphatic carbocycles. The average molecular weight is 414 g/mol. The summed E-state index contributed by atoms with van der Waals surface area (Å²) in [6, 6.07) is 13.2. The molecule has 3 aromatic rings. The van der Waals surface area contributed by atoms with Crippen LogP contribution in [0.4, 0.5) is 0 Å². The van der Waals surface area contributed by atoms with Gasteiger partial charge < -0.3 is 19.5 Å². The Morgan fingerprint density at radius 1 is 1.14 bits per heavy atom. The van der Waals surface area contributed by atoms with Gasteiger partial charge in [-0.05, 0) is 49.5 Å². The summed E-state index contributed by atoms with van der Waals surface area (Å²) in [5, 5.41) is 11.2. The van der Waals surface area contributed by atoms with Crippen molar-refractivity contribution in [2.75, 3.05) is 26.2 Å². The zero-order valence-corrected chi connectivity index (χ0v) is 17.7. The summed E-state index contributed by atoms with van der Waals surface area (Å²) in [4.78, 5) is 15.1. The van der Waals surface area contributed by atoms with E-state index in [1.54, 1.807) is 17.4 Å². The molecule has 0 radical (unpaired) electrons. The van der Waals surface area contributed by atoms with Crippen molar-refractivity contribution in [1.82, 2.24) is 4.90 Å². The van der Waals surface area contributed by atoms with Crippen LogP contribution in [0.5, 0.6) is 5.75 Å². The number of nitrogens with zero attached hydrogens (tertiary/aromatic N) is 1. The normalized spacial score (nSPS) is 13.7. The van der Waals surface area contributed by atoms with Gasteiger partial charge >= 0.3 is 0 Å². The minimum Gasteiger partial charge on any atom is -0.491 e. The molecule has 0 bridgehead atoms. The summed E-state index contributed by atoms with van der Waals surface area (Å²) < 4.78 is 13.5. The predicted octanol–water partition coefficient (Wildman–Crippen LogP) is 4.02. The molecule has 1 heterocycles. The monoisotopic (exact) mass is 413 g/mol. The first-order valence-corrected chi connectivity index (χ1v) is 10.6. The Bertz CT molecular complexity index is 1030. The van der Waals surface area contributed by atoms with Crippen molar-refractivity contribution < 1.29 is 14.6 Å². The minimum absolute atomic E-state index is 0.0119. The van der Waals surface area contributed by atoms with Crippen molar-refractivity contribution in [1.29, 1.82) is 0 Å². The quantitative estimate of drug-likeness (QED) is 0.309. The molecule has 1 N–H and O–H groups in total. The van der Waals surface area contributed by atoms with Crippen molar-refractivity contribution in [3.8, 4) is 5.75 Å². The zero-order valence-electron chi connectivity index (χ0n) is 16.8. The van der Waals surface area contributed by atoms with E-state index in [0.717, 1.165) is 27.9 Å². The molecule has 3 rings (SSSR count). The molecule has 5 nitrogen and oxygen atoms in total. The Morgan fingerprint density at radius 3 is 2.59 bits per heavy atom. The Labute approximate surface area is 174 Å². The first kappa shape index (κ1) is 21.5. The van der Waals surface area contributed by atoms with E-state index in [4.69, 9.17) is 9.47 Å². The van der Waals surface area contributed by atoms with Crippen LogP contribution in [0.2, 0.25) is 0 Å². The second-order valence-corrected chi connectivity index (χ2v) is 7.85. The van der Waals surface area contributed by atoms with Crippen LogP contribution in [-0.4, -0.2) is 48.6 Å². The van der Waals surface area contributed by atoms with E-state index < -0.39 is 6.29 Å². The third-order valence-corrected chi connectivity index (χ3v) is 6.02. The average Bonchev–Trinajstić information content (AvgIpc) is 2.75. The minimum atomic E-state index is -1.04. The third-order valence-electron chi connectivity index (χ3n) is 4.87. The maximum atomic E-state index is 12.9. The summed E-state index contributed by atoms with van der Waals surface area (Å²) in [5.41, 5.74) is 0.0119. The Morgan fingerprint density at radius 2 is 1.86 bits per heavy atom. The molecule has 2 aromatic carbocycles. The molecule has 2 atom stereocenters. The molecule has 0 spiro atoms. The van der Waals surface area contributed by atoms with Crippen LogP contribution >= 0.6 is 11.3 Å². The largest absolute Gasteiger partial charge is 0.491 e. The Hall–Kier alpha value is -2.25. The molecule has 154 valence electrons. The first-order valence-electron chi connectivity index (χ1n) is 9.82. The lowest BCUT2D eigenvalue weighted by Gasteiger charge is -2.26. The molecule has 0 amide bonds. The molecule has 0 saturated carbocycles. The molecule has 29 heavy (non-hydrogen) atoms. The number of aliphatic hydroxyl groups is 1. The second-order valence-electron chi connectivity index (χ2n) is 6.77. The van der Waals surface area contributed by atoms with E-state index in [-0.39, 0.29) is 18.1 Å². The van der Waals surface area contributed by atoms with E-state index in [1.165, 1.54) is 6.08 Å². The highest BCUT2D eigenvalue weighted by atomic mass is 32.1. The molecule has 0 aliphatic rings. The molecule has 0 fully saturated rings. The van der Waals surface area contributed by atoms with Gasteiger partial charge in [0.1, 0.15) is 18.5 Å². The number of fused-ring (bicyclic) bond motifs is 2. The summed E-state index contributed by atoms with van der Waals surface area (Å²) in [5.74, 6) is 0.610. The van der Waals surface area contributed by atoms with E-state index in [2.05, 4.69) is 25.3 Å². The molecular weight excluding hydrogens is 386 g/mol. The smallest absolute Gasteiger partial charge is 0.196 e. The van der Waals surface area contributed by atoms with Gasteiger partial charge in [0.05, 0.1) is 0 Å². The van der Waals surface area contributed by atoms with Gasteiger partial charge in [0.15, 0.2) is 11.7 Å². The Balaban J connectivity index is 1.81. The lowest BCUT2D eigenvalue weighted by molar-refractivity contribution is -0.122. The number of rotatable bonds is 10. The van der Waals surface area contributed by atoms with Crippen molar-refractivity contribution in [2.45, 2.75) is 26.2 Å². The summed E-state index contributed by atoms with van der Waals surface area (Å²) in [6.07, 6.45) is -0.0246. The summed E-state index contributed by atoms with van der Waals surface area (Å²) >= 11 is 1.59. The second kappa shape index (κ2) is 9.98. The van der Waals surface area contributed by atoms with Gasteiger partial charge in [-0.15, -0.1) is 11.3 Å². The molecular formula is C23H27NO4S. The molecule has 2 unspecified atom stereocenters. The van der Waals surface area contributed by atoms with Crippen molar-refractivity contribution >= 4 is 31.5 Å². The van der Waals surface area contributed by atoms with Crippen LogP contribution in [0.3, 0.4) is 0 Å². The number of hydrogen-bond acceptors (Lipinski definition) is 6. The fourth-order valence-corrected chi connectivity index (χ4v) is 4.27. The number of ether oxygens (including phenoxy) is 2. The fourth-order valence-electron chi connectivity index (χ4n) is 3.22. The highest BCUT2D eigenvalue weighted by molar-refractivity contribution is 7.24. The zero-order chi connectivity index (χ0) is 20.8. The number of hydrogen-bond donors (Lipinski definition) is 1. The van der Waals surface area contributed by atoms with Gasteiger partial charge in [0.25, 0.3) is 0 Å². The van der Waals surface area contributed by atoms with Gasteiger partial charge in [-0.1, -0.05) is 32.6 Å². The highest BCUT2D eigenvalue weighted by Crippen LogP contribution is 2.27. The first-order chi connectivity index (χ1) is 14.0. The van der Waals surface area contributed by atoms with Gasteiger partial charge in [-0.2, -0.15) is 0 Å². The van der Waals surface area contributed by atoms with Crippen LogP contribution in [-0.2, 0) is 4.74 Å². The third kappa shape index (κ3) is 5.22. The molecule has 1 aromatic heterocycles. The van der Waals surface area contributed by atoms with E-state index in [0.29, 0.717) is 17.7 Å². The number of aliphatic hydroxyl groups excluding tert-OH is 1. The lowest BCUT2D eigenvalue weighted by atomic mass is 10.2. The van der Waals surface area contributed by atoms with Gasteiger partial charge in [-0.25, -0.2) is 0 Å². The fraction of sp³-hybridized carbons (Fsp3) is 0.348. The SMILES string of the molecule is C=CC(O)OC(COc1ccc2sc3ccccc3c(=O)c2c1)CN(CC)CC. The Kier molecular flexibility index (Phi) is 7.39. The van der Waals surface area contributed by atoms with Crippen molar-refractivity contribution in [2.24, 2.45) is 0 Å². The van der Waals surface area contributed by atoms with E-state index >= 15 is 0 Å². The van der Waals surface area contributed by atoms with Gasteiger partial charge in [-0.3, -0.25) is 4.79 Å². The number of benzene rings is 2. The van der Waals surface area contributed by atoms with Gasteiger partial charge in [0.2, 0.25) is 0 Å². The maximum absolute atomic E-state index is 12.9.